The standard InChI is InChI=1S/C11H6F4N6/c12-8-2-1-7(11(13,14)15)3-9(8)17-5-6(4-16)10-18-20-21-19-10/h1-3,5,17H,(H,18,19,20,21). The third-order valence-electron chi connectivity index (χ3n) is 2.37. The minimum Gasteiger partial charge on any atom is -0.358 e. The number of benzene rings is 1. The molecule has 0 bridgehead atoms. The third kappa shape index (κ3) is 3.33. The summed E-state index contributed by atoms with van der Waals surface area (Å²) in [7, 11) is 0. The van der Waals surface area contributed by atoms with Crippen LogP contribution < -0.4 is 5.32 Å². The normalized spacial score (nSPS) is 12.0. The predicted octanol–water partition coefficient (Wildman–Crippen LogP) is 2.33. The molecule has 0 aliphatic rings. The summed E-state index contributed by atoms with van der Waals surface area (Å²) < 4.78 is 51.1. The van der Waals surface area contributed by atoms with E-state index >= 15 is 0 Å². The van der Waals surface area contributed by atoms with Gasteiger partial charge in [0.15, 0.2) is 0 Å². The maximum atomic E-state index is 13.5. The van der Waals surface area contributed by atoms with E-state index in [1.54, 1.807) is 6.07 Å². The van der Waals surface area contributed by atoms with E-state index in [0.717, 1.165) is 6.20 Å². The lowest BCUT2D eigenvalue weighted by atomic mass is 10.2. The van der Waals surface area contributed by atoms with E-state index in [0.29, 0.717) is 18.2 Å². The Labute approximate surface area is 115 Å². The first-order valence-corrected chi connectivity index (χ1v) is 5.39. The molecule has 2 N–H and O–H groups in total. The van der Waals surface area contributed by atoms with E-state index in [9.17, 15) is 17.6 Å². The van der Waals surface area contributed by atoms with Crippen molar-refractivity contribution < 1.29 is 17.6 Å². The Morgan fingerprint density at radius 3 is 2.71 bits per heavy atom. The van der Waals surface area contributed by atoms with Crippen LogP contribution in [-0.4, -0.2) is 20.6 Å². The van der Waals surface area contributed by atoms with Crippen LogP contribution >= 0.6 is 0 Å². The molecule has 108 valence electrons. The lowest BCUT2D eigenvalue weighted by molar-refractivity contribution is -0.137. The van der Waals surface area contributed by atoms with E-state index in [1.807, 2.05) is 0 Å². The summed E-state index contributed by atoms with van der Waals surface area (Å²) in [5, 5.41) is 23.6. The van der Waals surface area contributed by atoms with Crippen molar-refractivity contribution in [2.24, 2.45) is 0 Å². The van der Waals surface area contributed by atoms with Gasteiger partial charge in [-0.3, -0.25) is 0 Å². The Kier molecular flexibility index (Phi) is 3.84. The smallest absolute Gasteiger partial charge is 0.358 e. The number of rotatable bonds is 3. The van der Waals surface area contributed by atoms with Crippen LogP contribution in [0.1, 0.15) is 11.4 Å². The second-order valence-corrected chi connectivity index (χ2v) is 3.74. The highest BCUT2D eigenvalue weighted by Crippen LogP contribution is 2.31. The third-order valence-corrected chi connectivity index (χ3v) is 2.37. The lowest BCUT2D eigenvalue weighted by Crippen LogP contribution is -2.06. The molecule has 2 rings (SSSR count). The van der Waals surface area contributed by atoms with Crippen molar-refractivity contribution in [3.63, 3.8) is 0 Å². The van der Waals surface area contributed by atoms with Gasteiger partial charge in [0.25, 0.3) is 0 Å². The Morgan fingerprint density at radius 1 is 1.38 bits per heavy atom. The number of H-pyrrole nitrogens is 1. The molecule has 1 aromatic heterocycles. The molecule has 0 saturated heterocycles. The topological polar surface area (TPSA) is 90.3 Å². The van der Waals surface area contributed by atoms with Crippen molar-refractivity contribution >= 4 is 11.3 Å². The molecular weight excluding hydrogens is 292 g/mol. The number of anilines is 1. The number of tetrazole rings is 1. The van der Waals surface area contributed by atoms with E-state index in [2.05, 4.69) is 25.9 Å². The molecule has 21 heavy (non-hydrogen) atoms. The van der Waals surface area contributed by atoms with Crippen molar-refractivity contribution in [3.05, 3.63) is 41.6 Å². The molecular formula is C11H6F4N6. The largest absolute Gasteiger partial charge is 0.416 e. The Bertz CT molecular complexity index is 698. The summed E-state index contributed by atoms with van der Waals surface area (Å²) in [6.07, 6.45) is -3.61. The van der Waals surface area contributed by atoms with Crippen LogP contribution in [0, 0.1) is 17.1 Å². The summed E-state index contributed by atoms with van der Waals surface area (Å²) in [6, 6.07) is 3.60. The quantitative estimate of drug-likeness (QED) is 0.670. The average Bonchev–Trinajstić information content (AvgIpc) is 2.94. The highest BCUT2D eigenvalue weighted by Gasteiger charge is 2.31. The van der Waals surface area contributed by atoms with Gasteiger partial charge in [-0.25, -0.2) is 4.39 Å². The number of aromatic nitrogens is 4. The fraction of sp³-hybridized carbons (Fsp3) is 0.0909. The Balaban J connectivity index is 2.29. The molecule has 0 aliphatic heterocycles. The van der Waals surface area contributed by atoms with Gasteiger partial charge in [-0.1, -0.05) is 0 Å². The van der Waals surface area contributed by atoms with Gasteiger partial charge in [-0.15, -0.1) is 10.2 Å². The van der Waals surface area contributed by atoms with Gasteiger partial charge >= 0.3 is 6.18 Å². The van der Waals surface area contributed by atoms with Crippen molar-refractivity contribution in [3.8, 4) is 6.07 Å². The fourth-order valence-corrected chi connectivity index (χ4v) is 1.38. The molecule has 0 atom stereocenters. The number of nitrogens with one attached hydrogen (secondary N) is 2. The maximum Gasteiger partial charge on any atom is 0.416 e. The number of nitrogens with zero attached hydrogens (tertiary/aromatic N) is 4. The summed E-state index contributed by atoms with van der Waals surface area (Å²) in [5.41, 5.74) is -1.57. The van der Waals surface area contributed by atoms with E-state index in [4.69, 9.17) is 5.26 Å². The number of aromatic amines is 1. The molecule has 1 aromatic carbocycles. The molecule has 0 amide bonds. The molecule has 2 aromatic rings. The summed E-state index contributed by atoms with van der Waals surface area (Å²) in [6.45, 7) is 0. The molecule has 0 aliphatic carbocycles. The second-order valence-electron chi connectivity index (χ2n) is 3.74. The zero-order valence-corrected chi connectivity index (χ0v) is 10.1. The van der Waals surface area contributed by atoms with Crippen molar-refractivity contribution in [2.45, 2.75) is 6.18 Å². The minimum atomic E-state index is -4.60. The summed E-state index contributed by atoms with van der Waals surface area (Å²) >= 11 is 0. The second kappa shape index (κ2) is 5.58. The van der Waals surface area contributed by atoms with Crippen LogP contribution in [0.25, 0.3) is 5.57 Å². The van der Waals surface area contributed by atoms with Gasteiger partial charge in [0.05, 0.1) is 11.3 Å². The minimum absolute atomic E-state index is 0.0719. The van der Waals surface area contributed by atoms with E-state index in [-0.39, 0.29) is 11.4 Å². The molecule has 0 radical (unpaired) electrons. The fourth-order valence-electron chi connectivity index (χ4n) is 1.38. The van der Waals surface area contributed by atoms with Gasteiger partial charge in [-0.05, 0) is 23.4 Å². The maximum absolute atomic E-state index is 13.5. The van der Waals surface area contributed by atoms with Crippen molar-refractivity contribution in [1.29, 1.82) is 5.26 Å². The average molecular weight is 298 g/mol. The van der Waals surface area contributed by atoms with Gasteiger partial charge in [-0.2, -0.15) is 23.6 Å². The van der Waals surface area contributed by atoms with E-state index in [1.165, 1.54) is 0 Å². The van der Waals surface area contributed by atoms with Gasteiger partial charge < -0.3 is 5.32 Å². The molecule has 0 unspecified atom stereocenters. The molecule has 6 nitrogen and oxygen atoms in total. The first kappa shape index (κ1) is 14.4. The van der Waals surface area contributed by atoms with Crippen LogP contribution in [-0.2, 0) is 6.18 Å². The highest BCUT2D eigenvalue weighted by molar-refractivity contribution is 5.74. The van der Waals surface area contributed by atoms with Crippen LogP contribution in [0.4, 0.5) is 23.2 Å². The van der Waals surface area contributed by atoms with Crippen LogP contribution in [0.2, 0.25) is 0 Å². The molecule has 10 heteroatoms. The number of allylic oxidation sites excluding steroid dienone is 1. The highest BCUT2D eigenvalue weighted by atomic mass is 19.4. The van der Waals surface area contributed by atoms with E-state index < -0.39 is 23.2 Å². The number of alkyl halides is 3. The first-order chi connectivity index (χ1) is 9.91. The molecule has 0 fully saturated rings. The van der Waals surface area contributed by atoms with Crippen LogP contribution in [0.15, 0.2) is 24.4 Å². The van der Waals surface area contributed by atoms with Crippen LogP contribution in [0.3, 0.4) is 0 Å². The van der Waals surface area contributed by atoms with Gasteiger partial charge in [0.1, 0.15) is 17.5 Å². The van der Waals surface area contributed by atoms with Gasteiger partial charge in [0, 0.05) is 6.20 Å². The molecule has 0 saturated carbocycles. The summed E-state index contributed by atoms with van der Waals surface area (Å²) in [4.78, 5) is 0. The number of hydrogen-bond donors (Lipinski definition) is 2. The predicted molar refractivity (Wildman–Crippen MR) is 62.8 cm³/mol. The zero-order valence-electron chi connectivity index (χ0n) is 10.1. The number of halogens is 4. The van der Waals surface area contributed by atoms with Crippen LogP contribution in [0.5, 0.6) is 0 Å². The Morgan fingerprint density at radius 2 is 2.14 bits per heavy atom. The number of nitriles is 1. The first-order valence-electron chi connectivity index (χ1n) is 5.39. The zero-order chi connectivity index (χ0) is 15.5. The summed E-state index contributed by atoms with van der Waals surface area (Å²) in [5.74, 6) is -0.970. The van der Waals surface area contributed by atoms with Crippen molar-refractivity contribution in [1.82, 2.24) is 20.6 Å². The monoisotopic (exact) mass is 298 g/mol. The Hall–Kier alpha value is -2.96. The number of hydrogen-bond acceptors (Lipinski definition) is 5. The lowest BCUT2D eigenvalue weighted by Gasteiger charge is -2.09. The van der Waals surface area contributed by atoms with Crippen molar-refractivity contribution in [2.75, 3.05) is 5.32 Å². The van der Waals surface area contributed by atoms with Gasteiger partial charge in [0.2, 0.25) is 5.82 Å². The molecule has 1 heterocycles. The molecule has 0 spiro atoms. The SMILES string of the molecule is N#CC(=CNc1cc(C(F)(F)F)ccc1F)c1nn[nH]n1.